The number of nitrogens with one attached hydrogen (secondary N) is 1. The standard InChI is InChI=1S/C21H23NO3S/c1-3-13-25-19-10-9-17(15-20(19)24-2)11-12-22-21(26)18(23)14-16-7-5-4-6-8-16/h1,4-10,15,18,23H,11-14H2,2H3,(H,22,26)/t18-/m1/s1. The van der Waals surface area contributed by atoms with E-state index in [4.69, 9.17) is 28.1 Å². The summed E-state index contributed by atoms with van der Waals surface area (Å²) in [6.07, 6.45) is 5.76. The number of hydrogen-bond acceptors (Lipinski definition) is 4. The second kappa shape index (κ2) is 10.4. The summed E-state index contributed by atoms with van der Waals surface area (Å²) >= 11 is 5.28. The van der Waals surface area contributed by atoms with Crippen molar-refractivity contribution >= 4 is 17.2 Å². The van der Waals surface area contributed by atoms with Crippen molar-refractivity contribution in [3.05, 3.63) is 59.7 Å². The quantitative estimate of drug-likeness (QED) is 0.526. The second-order valence-electron chi connectivity index (χ2n) is 5.72. The van der Waals surface area contributed by atoms with Gasteiger partial charge in [0, 0.05) is 13.0 Å². The number of aliphatic hydroxyl groups is 1. The van der Waals surface area contributed by atoms with Crippen LogP contribution in [-0.4, -0.2) is 36.5 Å². The topological polar surface area (TPSA) is 50.7 Å². The minimum Gasteiger partial charge on any atom is -0.493 e. The first kappa shape index (κ1) is 19.8. The van der Waals surface area contributed by atoms with Gasteiger partial charge < -0.3 is 19.9 Å². The van der Waals surface area contributed by atoms with Gasteiger partial charge in [0.05, 0.1) is 7.11 Å². The van der Waals surface area contributed by atoms with Crippen LogP contribution in [-0.2, 0) is 12.8 Å². The lowest BCUT2D eigenvalue weighted by molar-refractivity contribution is 0.240. The molecule has 0 aliphatic carbocycles. The normalized spacial score (nSPS) is 11.3. The molecule has 2 N–H and O–H groups in total. The fraction of sp³-hybridized carbons (Fsp3) is 0.286. The van der Waals surface area contributed by atoms with Crippen LogP contribution >= 0.6 is 12.2 Å². The number of aliphatic hydroxyl groups excluding tert-OH is 1. The summed E-state index contributed by atoms with van der Waals surface area (Å²) in [4.78, 5) is 0.454. The molecular weight excluding hydrogens is 346 g/mol. The molecule has 0 unspecified atom stereocenters. The van der Waals surface area contributed by atoms with E-state index in [1.807, 2.05) is 48.5 Å². The van der Waals surface area contributed by atoms with Crippen LogP contribution < -0.4 is 14.8 Å². The maximum atomic E-state index is 10.2. The first-order chi connectivity index (χ1) is 12.6. The Bertz CT molecular complexity index is 756. The highest BCUT2D eigenvalue weighted by molar-refractivity contribution is 7.80. The molecule has 0 radical (unpaired) electrons. The van der Waals surface area contributed by atoms with Gasteiger partial charge in [0.1, 0.15) is 17.7 Å². The highest BCUT2D eigenvalue weighted by Gasteiger charge is 2.11. The molecule has 0 aliphatic heterocycles. The first-order valence-electron chi connectivity index (χ1n) is 8.37. The molecule has 0 aliphatic rings. The van der Waals surface area contributed by atoms with E-state index in [1.165, 1.54) is 0 Å². The van der Waals surface area contributed by atoms with Crippen molar-refractivity contribution in [2.45, 2.75) is 18.9 Å². The maximum Gasteiger partial charge on any atom is 0.162 e. The number of thiocarbonyl (C=S) groups is 1. The Hall–Kier alpha value is -2.55. The SMILES string of the molecule is C#CCOc1ccc(CCNC(=S)[C@H](O)Cc2ccccc2)cc1OC. The predicted molar refractivity (Wildman–Crippen MR) is 108 cm³/mol. The molecule has 4 nitrogen and oxygen atoms in total. The van der Waals surface area contributed by atoms with E-state index in [1.54, 1.807) is 7.11 Å². The Morgan fingerprint density at radius 1 is 1.19 bits per heavy atom. The van der Waals surface area contributed by atoms with Crippen LogP contribution in [0.4, 0.5) is 0 Å². The van der Waals surface area contributed by atoms with E-state index < -0.39 is 6.10 Å². The van der Waals surface area contributed by atoms with Crippen molar-refractivity contribution in [3.63, 3.8) is 0 Å². The molecule has 0 aromatic heterocycles. The molecule has 2 aromatic carbocycles. The fourth-order valence-corrected chi connectivity index (χ4v) is 2.67. The molecule has 0 saturated heterocycles. The van der Waals surface area contributed by atoms with E-state index in [0.717, 1.165) is 17.5 Å². The summed E-state index contributed by atoms with van der Waals surface area (Å²) in [5, 5.41) is 13.3. The van der Waals surface area contributed by atoms with Crippen molar-refractivity contribution in [1.29, 1.82) is 0 Å². The van der Waals surface area contributed by atoms with Crippen LogP contribution in [0, 0.1) is 12.3 Å². The van der Waals surface area contributed by atoms with E-state index in [0.29, 0.717) is 29.5 Å². The third-order valence-corrected chi connectivity index (χ3v) is 4.24. The molecule has 26 heavy (non-hydrogen) atoms. The molecule has 0 bridgehead atoms. The summed E-state index contributed by atoms with van der Waals surface area (Å²) < 4.78 is 10.8. The van der Waals surface area contributed by atoms with Crippen LogP contribution in [0.5, 0.6) is 11.5 Å². The average Bonchev–Trinajstić information content (AvgIpc) is 2.67. The fourth-order valence-electron chi connectivity index (χ4n) is 2.48. The number of rotatable bonds is 9. The number of benzene rings is 2. The summed E-state index contributed by atoms with van der Waals surface area (Å²) in [5.41, 5.74) is 2.12. The van der Waals surface area contributed by atoms with Crippen molar-refractivity contribution in [1.82, 2.24) is 5.32 Å². The molecule has 136 valence electrons. The van der Waals surface area contributed by atoms with Crippen molar-refractivity contribution in [2.24, 2.45) is 0 Å². The second-order valence-corrected chi connectivity index (χ2v) is 6.16. The summed E-state index contributed by atoms with van der Waals surface area (Å²) in [5.74, 6) is 3.70. The summed E-state index contributed by atoms with van der Waals surface area (Å²) in [7, 11) is 1.59. The van der Waals surface area contributed by atoms with Crippen LogP contribution in [0.3, 0.4) is 0 Å². The van der Waals surface area contributed by atoms with Gasteiger partial charge in [-0.1, -0.05) is 54.5 Å². The van der Waals surface area contributed by atoms with Crippen LogP contribution in [0.1, 0.15) is 11.1 Å². The highest BCUT2D eigenvalue weighted by Crippen LogP contribution is 2.28. The molecule has 1 atom stereocenters. The smallest absolute Gasteiger partial charge is 0.162 e. The van der Waals surface area contributed by atoms with Gasteiger partial charge in [0.25, 0.3) is 0 Å². The molecule has 0 fully saturated rings. The van der Waals surface area contributed by atoms with Crippen LogP contribution in [0.15, 0.2) is 48.5 Å². The summed E-state index contributed by atoms with van der Waals surface area (Å²) in [6, 6.07) is 15.5. The van der Waals surface area contributed by atoms with Crippen molar-refractivity contribution < 1.29 is 14.6 Å². The predicted octanol–water partition coefficient (Wildman–Crippen LogP) is 2.77. The Morgan fingerprint density at radius 2 is 1.96 bits per heavy atom. The molecule has 5 heteroatoms. The Kier molecular flexibility index (Phi) is 7.94. The van der Waals surface area contributed by atoms with E-state index in [2.05, 4.69) is 11.2 Å². The Balaban J connectivity index is 1.83. The molecule has 2 rings (SSSR count). The lowest BCUT2D eigenvalue weighted by Gasteiger charge is -2.15. The minimum absolute atomic E-state index is 0.199. The zero-order valence-corrected chi connectivity index (χ0v) is 15.6. The van der Waals surface area contributed by atoms with E-state index in [-0.39, 0.29) is 6.61 Å². The highest BCUT2D eigenvalue weighted by atomic mass is 32.1. The van der Waals surface area contributed by atoms with Gasteiger partial charge in [-0.2, -0.15) is 0 Å². The molecular formula is C21H23NO3S. The van der Waals surface area contributed by atoms with Gasteiger partial charge in [-0.3, -0.25) is 0 Å². The largest absolute Gasteiger partial charge is 0.493 e. The van der Waals surface area contributed by atoms with Gasteiger partial charge in [0.15, 0.2) is 11.5 Å². The third kappa shape index (κ3) is 6.07. The van der Waals surface area contributed by atoms with Crippen LogP contribution in [0.25, 0.3) is 0 Å². The van der Waals surface area contributed by atoms with Gasteiger partial charge >= 0.3 is 0 Å². The zero-order valence-electron chi connectivity index (χ0n) is 14.8. The number of terminal acetylenes is 1. The molecule has 0 saturated carbocycles. The Morgan fingerprint density at radius 3 is 2.65 bits per heavy atom. The van der Waals surface area contributed by atoms with Gasteiger partial charge in [0.2, 0.25) is 0 Å². The van der Waals surface area contributed by atoms with Crippen molar-refractivity contribution in [3.8, 4) is 23.8 Å². The van der Waals surface area contributed by atoms with E-state index >= 15 is 0 Å². The van der Waals surface area contributed by atoms with Gasteiger partial charge in [-0.25, -0.2) is 0 Å². The lowest BCUT2D eigenvalue weighted by atomic mass is 10.1. The molecule has 2 aromatic rings. The van der Waals surface area contributed by atoms with Crippen LogP contribution in [0.2, 0.25) is 0 Å². The van der Waals surface area contributed by atoms with E-state index in [9.17, 15) is 5.11 Å². The first-order valence-corrected chi connectivity index (χ1v) is 8.77. The maximum absolute atomic E-state index is 10.2. The molecule has 0 heterocycles. The zero-order chi connectivity index (χ0) is 18.8. The molecule has 0 amide bonds. The average molecular weight is 369 g/mol. The summed E-state index contributed by atoms with van der Waals surface area (Å²) in [6.45, 7) is 0.823. The monoisotopic (exact) mass is 369 g/mol. The van der Waals surface area contributed by atoms with Gasteiger partial charge in [-0.15, -0.1) is 6.42 Å². The Labute approximate surface area is 160 Å². The van der Waals surface area contributed by atoms with Crippen molar-refractivity contribution in [2.75, 3.05) is 20.3 Å². The number of hydrogen-bond donors (Lipinski definition) is 2. The third-order valence-electron chi connectivity index (χ3n) is 3.83. The number of ether oxygens (including phenoxy) is 2. The number of methoxy groups -OCH3 is 1. The minimum atomic E-state index is -0.693. The molecule has 0 spiro atoms. The van der Waals surface area contributed by atoms with Gasteiger partial charge in [-0.05, 0) is 29.7 Å². The lowest BCUT2D eigenvalue weighted by Crippen LogP contribution is -2.35.